The van der Waals surface area contributed by atoms with E-state index in [0.717, 1.165) is 29.4 Å². The van der Waals surface area contributed by atoms with Gasteiger partial charge >= 0.3 is 5.97 Å². The topological polar surface area (TPSA) is 54.6 Å². The summed E-state index contributed by atoms with van der Waals surface area (Å²) in [7, 11) is 4.08. The molecule has 2 aromatic rings. The minimum atomic E-state index is -0.374. The fourth-order valence-electron chi connectivity index (χ4n) is 2.23. The maximum Gasteiger partial charge on any atom is 0.337 e. The van der Waals surface area contributed by atoms with Gasteiger partial charge in [0.05, 0.1) is 6.10 Å². The Morgan fingerprint density at radius 2 is 2.09 bits per heavy atom. The van der Waals surface area contributed by atoms with E-state index in [1.165, 1.54) is 0 Å². The van der Waals surface area contributed by atoms with E-state index in [1.54, 1.807) is 0 Å². The van der Waals surface area contributed by atoms with E-state index in [-0.39, 0.29) is 18.7 Å². The summed E-state index contributed by atoms with van der Waals surface area (Å²) >= 11 is 0. The number of rotatable bonds is 7. The van der Waals surface area contributed by atoms with Crippen LogP contribution in [0.15, 0.2) is 24.4 Å². The van der Waals surface area contributed by atoms with E-state index in [4.69, 9.17) is 9.47 Å². The van der Waals surface area contributed by atoms with Crippen molar-refractivity contribution in [1.82, 2.24) is 9.88 Å². The molecule has 2 rings (SSSR count). The zero-order valence-electron chi connectivity index (χ0n) is 13.7. The number of carbonyl (C=O) groups is 1. The zero-order chi connectivity index (χ0) is 16.1. The number of aromatic nitrogens is 1. The Balaban J connectivity index is 2.18. The summed E-state index contributed by atoms with van der Waals surface area (Å²) in [6.07, 6.45) is 2.88. The summed E-state index contributed by atoms with van der Waals surface area (Å²) < 4.78 is 10.8. The van der Waals surface area contributed by atoms with Crippen molar-refractivity contribution in [3.63, 3.8) is 0 Å². The Bertz CT molecular complexity index is 632. The fraction of sp³-hybridized carbons (Fsp3) is 0.471. The summed E-state index contributed by atoms with van der Waals surface area (Å²) in [6.45, 7) is 4.68. The first-order valence-corrected chi connectivity index (χ1v) is 7.53. The van der Waals surface area contributed by atoms with Crippen LogP contribution in [0.2, 0.25) is 0 Å². The van der Waals surface area contributed by atoms with Gasteiger partial charge < -0.3 is 19.4 Å². The van der Waals surface area contributed by atoms with Crippen molar-refractivity contribution in [3.8, 4) is 5.75 Å². The van der Waals surface area contributed by atoms with Gasteiger partial charge in [0.15, 0.2) is 0 Å². The predicted molar refractivity (Wildman–Crippen MR) is 87.3 cm³/mol. The van der Waals surface area contributed by atoms with Crippen LogP contribution < -0.4 is 4.74 Å². The molecule has 0 aliphatic heterocycles. The molecule has 1 aromatic heterocycles. The second-order valence-electron chi connectivity index (χ2n) is 5.88. The lowest BCUT2D eigenvalue weighted by Gasteiger charge is -2.11. The summed E-state index contributed by atoms with van der Waals surface area (Å²) in [5.41, 5.74) is 2.13. The van der Waals surface area contributed by atoms with Crippen molar-refractivity contribution in [3.05, 3.63) is 30.0 Å². The third-order valence-corrected chi connectivity index (χ3v) is 3.34. The van der Waals surface area contributed by atoms with Crippen molar-refractivity contribution in [1.29, 1.82) is 0 Å². The van der Waals surface area contributed by atoms with Gasteiger partial charge in [-0.25, -0.2) is 4.79 Å². The average molecular weight is 304 g/mol. The van der Waals surface area contributed by atoms with Gasteiger partial charge in [-0.3, -0.25) is 0 Å². The Hall–Kier alpha value is -1.85. The molecule has 0 saturated heterocycles. The quantitative estimate of drug-likeness (QED) is 0.631. The van der Waals surface area contributed by atoms with Crippen LogP contribution in [0, 0.1) is 0 Å². The van der Waals surface area contributed by atoms with Crippen LogP contribution in [0.5, 0.6) is 5.75 Å². The van der Waals surface area contributed by atoms with Gasteiger partial charge in [-0.2, -0.15) is 0 Å². The van der Waals surface area contributed by atoms with Crippen molar-refractivity contribution in [2.75, 3.05) is 27.2 Å². The molecule has 5 heteroatoms. The SMILES string of the molecule is CC(C)OCC(=O)Oc1cccc2[nH]cc(CCN(C)C)c12. The van der Waals surface area contributed by atoms with Crippen molar-refractivity contribution in [2.24, 2.45) is 0 Å². The second kappa shape index (κ2) is 7.42. The lowest BCUT2D eigenvalue weighted by molar-refractivity contribution is -0.140. The summed E-state index contributed by atoms with van der Waals surface area (Å²) in [4.78, 5) is 17.3. The molecule has 0 aliphatic rings. The predicted octanol–water partition coefficient (Wildman–Crippen LogP) is 2.60. The molecule has 120 valence electrons. The molecule has 0 fully saturated rings. The van der Waals surface area contributed by atoms with Crippen LogP contribution in [0.4, 0.5) is 0 Å². The number of H-pyrrole nitrogens is 1. The number of aromatic amines is 1. The number of esters is 1. The molecule has 5 nitrogen and oxygen atoms in total. The fourth-order valence-corrected chi connectivity index (χ4v) is 2.23. The first-order valence-electron chi connectivity index (χ1n) is 7.53. The molecule has 0 aliphatic carbocycles. The molecule has 0 radical (unpaired) electrons. The molecule has 0 bridgehead atoms. The summed E-state index contributed by atoms with van der Waals surface area (Å²) in [5, 5.41) is 0.974. The standard InChI is InChI=1S/C17H24N2O3/c1-12(2)21-11-16(20)22-15-7-5-6-14-17(15)13(10-18-14)8-9-19(3)4/h5-7,10,12,18H,8-9,11H2,1-4H3. The minimum absolute atomic E-state index is 0.00579. The van der Waals surface area contributed by atoms with E-state index in [2.05, 4.69) is 9.88 Å². The number of benzene rings is 1. The van der Waals surface area contributed by atoms with Crippen molar-refractivity contribution >= 4 is 16.9 Å². The third-order valence-electron chi connectivity index (χ3n) is 3.34. The van der Waals surface area contributed by atoms with E-state index in [1.807, 2.05) is 52.3 Å². The van der Waals surface area contributed by atoms with Gasteiger partial charge in [0, 0.05) is 23.6 Å². The number of likely N-dealkylation sites (N-methyl/N-ethyl adjacent to an activating group) is 1. The Kier molecular flexibility index (Phi) is 5.57. The molecule has 22 heavy (non-hydrogen) atoms. The van der Waals surface area contributed by atoms with Crippen LogP contribution in [0.1, 0.15) is 19.4 Å². The van der Waals surface area contributed by atoms with Crippen LogP contribution >= 0.6 is 0 Å². The van der Waals surface area contributed by atoms with Crippen LogP contribution in [-0.4, -0.2) is 49.2 Å². The highest BCUT2D eigenvalue weighted by atomic mass is 16.6. The number of carbonyl (C=O) groups excluding carboxylic acids is 1. The third kappa shape index (κ3) is 4.32. The lowest BCUT2D eigenvalue weighted by atomic mass is 10.1. The van der Waals surface area contributed by atoms with Crippen LogP contribution in [-0.2, 0) is 16.0 Å². The maximum absolute atomic E-state index is 11.9. The molecular formula is C17H24N2O3. The van der Waals surface area contributed by atoms with E-state index < -0.39 is 0 Å². The number of hydrogen-bond donors (Lipinski definition) is 1. The molecule has 0 amide bonds. The number of hydrogen-bond acceptors (Lipinski definition) is 4. The molecule has 0 spiro atoms. The summed E-state index contributed by atoms with van der Waals surface area (Å²) in [6, 6.07) is 5.68. The van der Waals surface area contributed by atoms with Crippen LogP contribution in [0.25, 0.3) is 10.9 Å². The highest BCUT2D eigenvalue weighted by Crippen LogP contribution is 2.29. The average Bonchev–Trinajstić information content (AvgIpc) is 2.87. The molecule has 1 aromatic carbocycles. The first kappa shape index (κ1) is 16.5. The molecular weight excluding hydrogens is 280 g/mol. The Labute approximate surface area is 131 Å². The van der Waals surface area contributed by atoms with Gasteiger partial charge in [-0.15, -0.1) is 0 Å². The van der Waals surface area contributed by atoms with Crippen molar-refractivity contribution < 1.29 is 14.3 Å². The van der Waals surface area contributed by atoms with Gasteiger partial charge in [0.25, 0.3) is 0 Å². The minimum Gasteiger partial charge on any atom is -0.424 e. The molecule has 1 heterocycles. The first-order chi connectivity index (χ1) is 10.5. The normalized spacial score (nSPS) is 11.5. The highest BCUT2D eigenvalue weighted by Gasteiger charge is 2.13. The number of nitrogens with zero attached hydrogens (tertiary/aromatic N) is 1. The Morgan fingerprint density at radius 1 is 1.32 bits per heavy atom. The molecule has 0 atom stereocenters. The Morgan fingerprint density at radius 3 is 2.77 bits per heavy atom. The molecule has 1 N–H and O–H groups in total. The van der Waals surface area contributed by atoms with Gasteiger partial charge in [0.1, 0.15) is 12.4 Å². The maximum atomic E-state index is 11.9. The van der Waals surface area contributed by atoms with Gasteiger partial charge in [-0.1, -0.05) is 6.07 Å². The van der Waals surface area contributed by atoms with E-state index in [0.29, 0.717) is 5.75 Å². The zero-order valence-corrected chi connectivity index (χ0v) is 13.7. The molecule has 0 saturated carbocycles. The second-order valence-corrected chi connectivity index (χ2v) is 5.88. The largest absolute Gasteiger partial charge is 0.424 e. The lowest BCUT2D eigenvalue weighted by Crippen LogP contribution is -2.18. The highest BCUT2D eigenvalue weighted by molar-refractivity contribution is 5.91. The smallest absolute Gasteiger partial charge is 0.337 e. The number of ether oxygens (including phenoxy) is 2. The van der Waals surface area contributed by atoms with Crippen molar-refractivity contribution in [2.45, 2.75) is 26.4 Å². The van der Waals surface area contributed by atoms with Crippen LogP contribution in [0.3, 0.4) is 0 Å². The van der Waals surface area contributed by atoms with Gasteiger partial charge in [0.2, 0.25) is 0 Å². The number of nitrogens with one attached hydrogen (secondary N) is 1. The van der Waals surface area contributed by atoms with E-state index >= 15 is 0 Å². The molecule has 0 unspecified atom stereocenters. The monoisotopic (exact) mass is 304 g/mol. The number of fused-ring (bicyclic) bond motifs is 1. The van der Waals surface area contributed by atoms with E-state index in [9.17, 15) is 4.79 Å². The van der Waals surface area contributed by atoms with Gasteiger partial charge in [-0.05, 0) is 52.1 Å². The summed E-state index contributed by atoms with van der Waals surface area (Å²) in [5.74, 6) is 0.214.